The molecule has 0 bridgehead atoms. The molecule has 8 heteroatoms. The predicted molar refractivity (Wildman–Crippen MR) is 107 cm³/mol. The van der Waals surface area contributed by atoms with Crippen molar-refractivity contribution in [3.63, 3.8) is 0 Å². The van der Waals surface area contributed by atoms with Crippen molar-refractivity contribution < 1.29 is 13.9 Å². The highest BCUT2D eigenvalue weighted by molar-refractivity contribution is 7.71. The lowest BCUT2D eigenvalue weighted by molar-refractivity contribution is -0.132. The monoisotopic (exact) mass is 400 g/mol. The normalized spacial score (nSPS) is 10.7. The number of nitrogens with one attached hydrogen (secondary N) is 1. The predicted octanol–water partition coefficient (Wildman–Crippen LogP) is 3.80. The zero-order valence-electron chi connectivity index (χ0n) is 15.7. The standard InChI is InChI=1S/C20H21FN4O2S/c1-3-24(12-14-5-4-6-16(21)11-14)18(26)13-25-19(22-23-20(25)28)15-7-9-17(27-2)10-8-15/h4-11H,3,12-13H2,1-2H3,(H,23,28). The number of hydrogen-bond acceptors (Lipinski definition) is 4. The second-order valence-electron chi connectivity index (χ2n) is 6.20. The molecule has 0 saturated carbocycles. The first kappa shape index (κ1) is 19.8. The number of carbonyl (C=O) groups is 1. The van der Waals surface area contributed by atoms with Gasteiger partial charge in [0.15, 0.2) is 10.6 Å². The second kappa shape index (κ2) is 8.79. The number of aromatic amines is 1. The van der Waals surface area contributed by atoms with E-state index >= 15 is 0 Å². The van der Waals surface area contributed by atoms with E-state index in [2.05, 4.69) is 10.2 Å². The molecular weight excluding hydrogens is 379 g/mol. The Kier molecular flexibility index (Phi) is 6.20. The molecule has 1 heterocycles. The number of rotatable bonds is 7. The molecular formula is C20H21FN4O2S. The molecule has 28 heavy (non-hydrogen) atoms. The van der Waals surface area contributed by atoms with Crippen LogP contribution in [0.3, 0.4) is 0 Å². The van der Waals surface area contributed by atoms with E-state index < -0.39 is 0 Å². The van der Waals surface area contributed by atoms with Gasteiger partial charge in [-0.3, -0.25) is 14.5 Å². The summed E-state index contributed by atoms with van der Waals surface area (Å²) in [6.07, 6.45) is 0. The number of H-pyrrole nitrogens is 1. The lowest BCUT2D eigenvalue weighted by atomic mass is 10.2. The molecule has 6 nitrogen and oxygen atoms in total. The van der Waals surface area contributed by atoms with Crippen molar-refractivity contribution in [3.8, 4) is 17.1 Å². The molecule has 0 aliphatic carbocycles. The zero-order valence-corrected chi connectivity index (χ0v) is 16.5. The van der Waals surface area contributed by atoms with Crippen LogP contribution in [0.15, 0.2) is 48.5 Å². The third-order valence-corrected chi connectivity index (χ3v) is 4.71. The largest absolute Gasteiger partial charge is 0.497 e. The van der Waals surface area contributed by atoms with Gasteiger partial charge in [0.25, 0.3) is 0 Å². The Hall–Kier alpha value is -3.00. The number of amides is 1. The molecule has 1 N–H and O–H groups in total. The average Bonchev–Trinajstić information content (AvgIpc) is 3.06. The minimum atomic E-state index is -0.320. The Morgan fingerprint density at radius 3 is 2.68 bits per heavy atom. The lowest BCUT2D eigenvalue weighted by Crippen LogP contribution is -2.33. The Bertz CT molecular complexity index is 1010. The van der Waals surface area contributed by atoms with E-state index in [1.54, 1.807) is 28.7 Å². The summed E-state index contributed by atoms with van der Waals surface area (Å²) in [5.41, 5.74) is 1.55. The lowest BCUT2D eigenvalue weighted by Gasteiger charge is -2.21. The van der Waals surface area contributed by atoms with Gasteiger partial charge in [0, 0.05) is 18.7 Å². The molecule has 0 aliphatic heterocycles. The summed E-state index contributed by atoms with van der Waals surface area (Å²) in [4.78, 5) is 14.5. The smallest absolute Gasteiger partial charge is 0.242 e. The quantitative estimate of drug-likeness (QED) is 0.613. The fourth-order valence-corrected chi connectivity index (χ4v) is 3.09. The van der Waals surface area contributed by atoms with Crippen LogP contribution in [0.4, 0.5) is 4.39 Å². The number of methoxy groups -OCH3 is 1. The van der Waals surface area contributed by atoms with E-state index in [0.717, 1.165) is 16.9 Å². The van der Waals surface area contributed by atoms with Crippen molar-refractivity contribution in [1.82, 2.24) is 19.7 Å². The fraction of sp³-hybridized carbons (Fsp3) is 0.250. The molecule has 2 aromatic carbocycles. The zero-order chi connectivity index (χ0) is 20.1. The van der Waals surface area contributed by atoms with Crippen LogP contribution in [0.2, 0.25) is 0 Å². The number of carbonyl (C=O) groups excluding carboxylic acids is 1. The number of hydrogen-bond donors (Lipinski definition) is 1. The van der Waals surface area contributed by atoms with E-state index in [9.17, 15) is 9.18 Å². The number of ether oxygens (including phenoxy) is 1. The molecule has 0 atom stereocenters. The Morgan fingerprint density at radius 1 is 1.29 bits per heavy atom. The van der Waals surface area contributed by atoms with E-state index in [0.29, 0.717) is 23.7 Å². The van der Waals surface area contributed by atoms with Crippen LogP contribution >= 0.6 is 12.2 Å². The Balaban J connectivity index is 1.81. The van der Waals surface area contributed by atoms with Gasteiger partial charge in [-0.15, -0.1) is 0 Å². The van der Waals surface area contributed by atoms with Gasteiger partial charge in [-0.1, -0.05) is 12.1 Å². The summed E-state index contributed by atoms with van der Waals surface area (Å²) >= 11 is 5.31. The first-order valence-corrected chi connectivity index (χ1v) is 9.24. The number of benzene rings is 2. The van der Waals surface area contributed by atoms with Crippen molar-refractivity contribution in [3.05, 3.63) is 64.7 Å². The first-order valence-electron chi connectivity index (χ1n) is 8.83. The van der Waals surface area contributed by atoms with Gasteiger partial charge in [-0.05, 0) is 61.1 Å². The van der Waals surface area contributed by atoms with Crippen molar-refractivity contribution in [2.24, 2.45) is 0 Å². The highest BCUT2D eigenvalue weighted by Gasteiger charge is 2.17. The molecule has 3 rings (SSSR count). The second-order valence-corrected chi connectivity index (χ2v) is 6.59. The van der Waals surface area contributed by atoms with Crippen molar-refractivity contribution in [1.29, 1.82) is 0 Å². The van der Waals surface area contributed by atoms with Crippen LogP contribution in [0.25, 0.3) is 11.4 Å². The van der Waals surface area contributed by atoms with E-state index in [4.69, 9.17) is 17.0 Å². The first-order chi connectivity index (χ1) is 13.5. The highest BCUT2D eigenvalue weighted by Crippen LogP contribution is 2.21. The van der Waals surface area contributed by atoms with Crippen molar-refractivity contribution >= 4 is 18.1 Å². The summed E-state index contributed by atoms with van der Waals surface area (Å²) in [5, 5.41) is 7.01. The summed E-state index contributed by atoms with van der Waals surface area (Å²) in [6, 6.07) is 13.6. The summed E-state index contributed by atoms with van der Waals surface area (Å²) in [5.74, 6) is 0.856. The van der Waals surface area contributed by atoms with Crippen LogP contribution in [0, 0.1) is 10.6 Å². The van der Waals surface area contributed by atoms with Gasteiger partial charge < -0.3 is 9.64 Å². The van der Waals surface area contributed by atoms with Gasteiger partial charge in [-0.25, -0.2) is 4.39 Å². The third-order valence-electron chi connectivity index (χ3n) is 4.40. The molecule has 146 valence electrons. The van der Waals surface area contributed by atoms with Crippen LogP contribution in [0.1, 0.15) is 12.5 Å². The maximum Gasteiger partial charge on any atom is 0.242 e. The van der Waals surface area contributed by atoms with Gasteiger partial charge in [0.1, 0.15) is 18.1 Å². The number of nitrogens with zero attached hydrogens (tertiary/aromatic N) is 3. The molecule has 0 unspecified atom stereocenters. The SMILES string of the molecule is CCN(Cc1cccc(F)c1)C(=O)Cn1c(-c2ccc(OC)cc2)n[nH]c1=S. The number of halogens is 1. The van der Waals surface area contributed by atoms with E-state index in [1.165, 1.54) is 12.1 Å². The highest BCUT2D eigenvalue weighted by atomic mass is 32.1. The van der Waals surface area contributed by atoms with Crippen LogP contribution in [-0.4, -0.2) is 39.2 Å². The topological polar surface area (TPSA) is 63.1 Å². The summed E-state index contributed by atoms with van der Waals surface area (Å²) in [7, 11) is 1.60. The van der Waals surface area contributed by atoms with E-state index in [-0.39, 0.29) is 18.3 Å². The molecule has 0 aliphatic rings. The molecule has 0 radical (unpaired) electrons. The molecule has 0 saturated heterocycles. The molecule has 3 aromatic rings. The van der Waals surface area contributed by atoms with Gasteiger partial charge >= 0.3 is 0 Å². The van der Waals surface area contributed by atoms with Crippen molar-refractivity contribution in [2.45, 2.75) is 20.0 Å². The molecule has 1 amide bonds. The van der Waals surface area contributed by atoms with Gasteiger partial charge in [0.05, 0.1) is 7.11 Å². The number of likely N-dealkylation sites (N-methyl/N-ethyl adjacent to an activating group) is 1. The van der Waals surface area contributed by atoms with Gasteiger partial charge in [-0.2, -0.15) is 5.10 Å². The summed E-state index contributed by atoms with van der Waals surface area (Å²) in [6.45, 7) is 2.75. The molecule has 0 fully saturated rings. The van der Waals surface area contributed by atoms with Crippen molar-refractivity contribution in [2.75, 3.05) is 13.7 Å². The number of aromatic nitrogens is 3. The summed E-state index contributed by atoms with van der Waals surface area (Å²) < 4.78 is 20.6. The third kappa shape index (κ3) is 4.45. The molecule has 0 spiro atoms. The minimum Gasteiger partial charge on any atom is -0.497 e. The van der Waals surface area contributed by atoms with Gasteiger partial charge in [0.2, 0.25) is 5.91 Å². The minimum absolute atomic E-state index is 0.0415. The Labute approximate surface area is 167 Å². The maximum atomic E-state index is 13.4. The average molecular weight is 400 g/mol. The maximum absolute atomic E-state index is 13.4. The fourth-order valence-electron chi connectivity index (χ4n) is 2.89. The van der Waals surface area contributed by atoms with Crippen LogP contribution in [-0.2, 0) is 17.9 Å². The van der Waals surface area contributed by atoms with Crippen LogP contribution in [0.5, 0.6) is 5.75 Å². The van der Waals surface area contributed by atoms with E-state index in [1.807, 2.05) is 31.2 Å². The Morgan fingerprint density at radius 2 is 2.04 bits per heavy atom. The molecule has 1 aromatic heterocycles. The van der Waals surface area contributed by atoms with Crippen LogP contribution < -0.4 is 4.74 Å².